The average Bonchev–Trinajstić information content (AvgIpc) is 2.05. The van der Waals surface area contributed by atoms with Gasteiger partial charge in [-0.3, -0.25) is 0 Å². The van der Waals surface area contributed by atoms with Gasteiger partial charge in [0.25, 0.3) is 0 Å². The van der Waals surface area contributed by atoms with Gasteiger partial charge in [-0.05, 0) is 6.42 Å². The first-order chi connectivity index (χ1) is 4.86. The fourth-order valence-corrected chi connectivity index (χ4v) is 1.36. The molecular weight excluding hydrogens is 130 g/mol. The lowest BCUT2D eigenvalue weighted by Crippen LogP contribution is -2.94. The molecule has 0 radical (unpaired) electrons. The van der Waals surface area contributed by atoms with Crippen LogP contribution in [0.3, 0.4) is 0 Å². The Kier molecular flexibility index (Phi) is 3.12. The number of ether oxygens (including phenoxy) is 1. The van der Waals surface area contributed by atoms with Crippen molar-refractivity contribution in [2.45, 2.75) is 25.0 Å². The van der Waals surface area contributed by atoms with Crippen LogP contribution >= 0.6 is 0 Å². The molecule has 0 saturated carbocycles. The summed E-state index contributed by atoms with van der Waals surface area (Å²) in [5, 5.41) is 10.9. The monoisotopic (exact) mass is 146 g/mol. The number of nitrogens with two attached hydrogens (primary N) is 1. The normalized spacial score (nSPS) is 34.2. The molecule has 2 unspecified atom stereocenters. The molecule has 1 fully saturated rings. The van der Waals surface area contributed by atoms with E-state index in [2.05, 4.69) is 5.32 Å². The molecule has 1 aliphatic rings. The zero-order valence-corrected chi connectivity index (χ0v) is 6.42. The molecule has 0 aromatic rings. The summed E-state index contributed by atoms with van der Waals surface area (Å²) in [7, 11) is 1.75. The van der Waals surface area contributed by atoms with E-state index in [0.29, 0.717) is 18.8 Å². The predicted molar refractivity (Wildman–Crippen MR) is 37.7 cm³/mol. The SMILES string of the molecule is COC1CCC(CO)[NH2+]C1. The van der Waals surface area contributed by atoms with Crippen LogP contribution in [0.25, 0.3) is 0 Å². The van der Waals surface area contributed by atoms with Crippen molar-refractivity contribution in [3.8, 4) is 0 Å². The van der Waals surface area contributed by atoms with E-state index < -0.39 is 0 Å². The van der Waals surface area contributed by atoms with Gasteiger partial charge in [-0.2, -0.15) is 0 Å². The van der Waals surface area contributed by atoms with E-state index in [9.17, 15) is 0 Å². The first-order valence-corrected chi connectivity index (χ1v) is 3.83. The van der Waals surface area contributed by atoms with Crippen molar-refractivity contribution < 1.29 is 15.2 Å². The van der Waals surface area contributed by atoms with E-state index in [0.717, 1.165) is 19.4 Å². The van der Waals surface area contributed by atoms with Crippen LogP contribution in [0.4, 0.5) is 0 Å². The molecule has 10 heavy (non-hydrogen) atoms. The number of aliphatic hydroxyl groups is 1. The number of hydrogen-bond donors (Lipinski definition) is 2. The zero-order valence-electron chi connectivity index (χ0n) is 6.42. The first-order valence-electron chi connectivity index (χ1n) is 3.83. The third-order valence-corrected chi connectivity index (χ3v) is 2.16. The molecule has 0 bridgehead atoms. The highest BCUT2D eigenvalue weighted by molar-refractivity contribution is 4.64. The maximum atomic E-state index is 8.78. The fraction of sp³-hybridized carbons (Fsp3) is 1.00. The van der Waals surface area contributed by atoms with Crippen molar-refractivity contribution in [3.63, 3.8) is 0 Å². The molecule has 60 valence electrons. The number of hydrogen-bond acceptors (Lipinski definition) is 2. The molecule has 3 heteroatoms. The summed E-state index contributed by atoms with van der Waals surface area (Å²) < 4.78 is 5.17. The van der Waals surface area contributed by atoms with Crippen LogP contribution in [0.2, 0.25) is 0 Å². The van der Waals surface area contributed by atoms with E-state index in [-0.39, 0.29) is 0 Å². The van der Waals surface area contributed by atoms with Crippen LogP contribution in [-0.2, 0) is 4.74 Å². The third-order valence-electron chi connectivity index (χ3n) is 2.16. The van der Waals surface area contributed by atoms with Gasteiger partial charge in [0.2, 0.25) is 0 Å². The Morgan fingerprint density at radius 2 is 2.40 bits per heavy atom. The molecule has 1 heterocycles. The summed E-state index contributed by atoms with van der Waals surface area (Å²) in [4.78, 5) is 0. The number of aliphatic hydroxyl groups excluding tert-OH is 1. The number of rotatable bonds is 2. The number of piperidine rings is 1. The lowest BCUT2D eigenvalue weighted by atomic mass is 10.0. The first kappa shape index (κ1) is 7.98. The Bertz CT molecular complexity index is 77.6. The molecule has 1 saturated heterocycles. The smallest absolute Gasteiger partial charge is 0.109 e. The van der Waals surface area contributed by atoms with Crippen molar-refractivity contribution in [1.82, 2.24) is 0 Å². The summed E-state index contributed by atoms with van der Waals surface area (Å²) in [6.45, 7) is 1.30. The topological polar surface area (TPSA) is 46.1 Å². The molecule has 0 aromatic carbocycles. The Morgan fingerprint density at radius 1 is 1.60 bits per heavy atom. The van der Waals surface area contributed by atoms with Crippen LogP contribution in [0, 0.1) is 0 Å². The minimum absolute atomic E-state index is 0.302. The zero-order chi connectivity index (χ0) is 7.40. The van der Waals surface area contributed by atoms with E-state index in [4.69, 9.17) is 9.84 Å². The van der Waals surface area contributed by atoms with E-state index in [1.54, 1.807) is 7.11 Å². The van der Waals surface area contributed by atoms with Crippen LogP contribution in [0.5, 0.6) is 0 Å². The van der Waals surface area contributed by atoms with Gasteiger partial charge in [0, 0.05) is 13.5 Å². The molecule has 2 atom stereocenters. The Balaban J connectivity index is 2.17. The quantitative estimate of drug-likeness (QED) is 0.509. The van der Waals surface area contributed by atoms with Crippen LogP contribution in [-0.4, -0.2) is 37.5 Å². The van der Waals surface area contributed by atoms with Gasteiger partial charge < -0.3 is 15.2 Å². The molecule has 1 aliphatic heterocycles. The number of quaternary nitrogens is 1. The second-order valence-electron chi connectivity index (χ2n) is 2.85. The standard InChI is InChI=1S/C7H15NO2/c1-10-7-3-2-6(5-9)8-4-7/h6-9H,2-5H2,1H3/p+1. The molecule has 0 amide bonds. The van der Waals surface area contributed by atoms with Crippen molar-refractivity contribution >= 4 is 0 Å². The maximum Gasteiger partial charge on any atom is 0.109 e. The summed E-state index contributed by atoms with van der Waals surface area (Å²) in [6.07, 6.45) is 2.58. The minimum atomic E-state index is 0.302. The van der Waals surface area contributed by atoms with Gasteiger partial charge in [-0.1, -0.05) is 0 Å². The van der Waals surface area contributed by atoms with Gasteiger partial charge in [0.05, 0.1) is 6.61 Å². The van der Waals surface area contributed by atoms with Crippen molar-refractivity contribution in [2.75, 3.05) is 20.3 Å². The highest BCUT2D eigenvalue weighted by Gasteiger charge is 2.22. The predicted octanol–water partition coefficient (Wildman–Crippen LogP) is -1.28. The molecule has 1 rings (SSSR count). The average molecular weight is 146 g/mol. The second-order valence-corrected chi connectivity index (χ2v) is 2.85. The maximum absolute atomic E-state index is 8.78. The summed E-state index contributed by atoms with van der Waals surface area (Å²) >= 11 is 0. The number of methoxy groups -OCH3 is 1. The van der Waals surface area contributed by atoms with E-state index >= 15 is 0 Å². The Morgan fingerprint density at radius 3 is 2.80 bits per heavy atom. The summed E-state index contributed by atoms with van der Waals surface area (Å²) in [5.74, 6) is 0. The molecule has 0 spiro atoms. The minimum Gasteiger partial charge on any atom is -0.390 e. The Hall–Kier alpha value is -0.120. The van der Waals surface area contributed by atoms with Gasteiger partial charge in [-0.15, -0.1) is 0 Å². The summed E-state index contributed by atoms with van der Waals surface area (Å²) in [5.41, 5.74) is 0. The third kappa shape index (κ3) is 1.94. The van der Waals surface area contributed by atoms with E-state index in [1.165, 1.54) is 0 Å². The van der Waals surface area contributed by atoms with Crippen LogP contribution in [0.1, 0.15) is 12.8 Å². The van der Waals surface area contributed by atoms with Crippen molar-refractivity contribution in [2.24, 2.45) is 0 Å². The van der Waals surface area contributed by atoms with Crippen LogP contribution < -0.4 is 5.32 Å². The van der Waals surface area contributed by atoms with Crippen molar-refractivity contribution in [1.29, 1.82) is 0 Å². The van der Waals surface area contributed by atoms with Crippen molar-refractivity contribution in [3.05, 3.63) is 0 Å². The highest BCUT2D eigenvalue weighted by atomic mass is 16.5. The largest absolute Gasteiger partial charge is 0.390 e. The molecule has 3 nitrogen and oxygen atoms in total. The lowest BCUT2D eigenvalue weighted by molar-refractivity contribution is -0.705. The van der Waals surface area contributed by atoms with Gasteiger partial charge in [0.1, 0.15) is 18.7 Å². The summed E-state index contributed by atoms with van der Waals surface area (Å²) in [6, 6.07) is 0.423. The fourth-order valence-electron chi connectivity index (χ4n) is 1.36. The molecular formula is C7H16NO2+. The van der Waals surface area contributed by atoms with Gasteiger partial charge in [-0.25, -0.2) is 0 Å². The Labute approximate surface area is 61.4 Å². The van der Waals surface area contributed by atoms with E-state index in [1.807, 2.05) is 0 Å². The lowest BCUT2D eigenvalue weighted by Gasteiger charge is -2.24. The molecule has 3 N–H and O–H groups in total. The van der Waals surface area contributed by atoms with Crippen LogP contribution in [0.15, 0.2) is 0 Å². The second kappa shape index (κ2) is 3.91. The van der Waals surface area contributed by atoms with Gasteiger partial charge in [0.15, 0.2) is 0 Å². The molecule has 0 aliphatic carbocycles. The molecule has 0 aromatic heterocycles. The highest BCUT2D eigenvalue weighted by Crippen LogP contribution is 2.04. The van der Waals surface area contributed by atoms with Gasteiger partial charge >= 0.3 is 0 Å².